The zero-order chi connectivity index (χ0) is 26.1. The molecule has 2 atom stereocenters. The van der Waals surface area contributed by atoms with E-state index in [1.165, 1.54) is 22.7 Å². The Morgan fingerprint density at radius 1 is 0.639 bits per heavy atom. The Morgan fingerprint density at radius 2 is 1.03 bits per heavy atom. The highest BCUT2D eigenvalue weighted by atomic mass is 32.1. The molecule has 0 spiro atoms. The number of esters is 2. The van der Waals surface area contributed by atoms with Crippen LogP contribution in [0.4, 0.5) is 0 Å². The lowest BCUT2D eigenvalue weighted by molar-refractivity contribution is -0.158. The molecule has 2 heterocycles. The van der Waals surface area contributed by atoms with Crippen LogP contribution in [-0.4, -0.2) is 11.9 Å². The van der Waals surface area contributed by atoms with Crippen LogP contribution < -0.4 is 0 Å². The predicted molar refractivity (Wildman–Crippen MR) is 147 cm³/mol. The van der Waals surface area contributed by atoms with E-state index in [1.54, 1.807) is 0 Å². The summed E-state index contributed by atoms with van der Waals surface area (Å²) in [5.41, 5.74) is 0.291. The summed E-state index contributed by atoms with van der Waals surface area (Å²) in [5, 5.41) is 6.00. The van der Waals surface area contributed by atoms with E-state index >= 15 is 0 Å². The van der Waals surface area contributed by atoms with Gasteiger partial charge < -0.3 is 9.47 Å². The first-order valence-electron chi connectivity index (χ1n) is 12.0. The minimum absolute atomic E-state index is 0.292. The van der Waals surface area contributed by atoms with Crippen LogP contribution in [0.2, 0.25) is 0 Å². The normalized spacial score (nSPS) is 13.8. The van der Waals surface area contributed by atoms with E-state index in [0.717, 1.165) is 31.7 Å². The van der Waals surface area contributed by atoms with Crippen LogP contribution in [0.25, 0.3) is 10.8 Å². The van der Waals surface area contributed by atoms with E-state index in [9.17, 15) is 9.59 Å². The van der Waals surface area contributed by atoms with Crippen molar-refractivity contribution in [1.82, 2.24) is 0 Å². The van der Waals surface area contributed by atoms with Gasteiger partial charge in [0.1, 0.15) is 0 Å². The number of carbonyl (C=O) groups is 2. The van der Waals surface area contributed by atoms with E-state index in [0.29, 0.717) is 0 Å². The molecule has 4 rings (SSSR count). The molecule has 0 radical (unpaired) electrons. The summed E-state index contributed by atoms with van der Waals surface area (Å²) < 4.78 is 12.4. The van der Waals surface area contributed by atoms with Crippen molar-refractivity contribution in [3.63, 3.8) is 0 Å². The van der Waals surface area contributed by atoms with Crippen molar-refractivity contribution in [2.45, 2.75) is 53.8 Å². The minimum Gasteiger partial charge on any atom is -0.451 e. The summed E-state index contributed by atoms with van der Waals surface area (Å²) >= 11 is 3.08. The molecule has 0 saturated heterocycles. The van der Waals surface area contributed by atoms with Gasteiger partial charge in [0, 0.05) is 20.9 Å². The molecule has 0 N–H and O–H groups in total. The van der Waals surface area contributed by atoms with E-state index in [2.05, 4.69) is 12.1 Å². The fourth-order valence-corrected chi connectivity index (χ4v) is 5.27. The molecular weight excluding hydrogens is 488 g/mol. The molecule has 0 amide bonds. The summed E-state index contributed by atoms with van der Waals surface area (Å²) in [5.74, 6) is -0.585. The first-order valence-corrected chi connectivity index (χ1v) is 13.7. The van der Waals surface area contributed by atoms with Crippen LogP contribution in [-0.2, 0) is 19.1 Å². The Labute approximate surface area is 220 Å². The molecule has 36 heavy (non-hydrogen) atoms. The molecule has 0 fully saturated rings. The highest BCUT2D eigenvalue weighted by Crippen LogP contribution is 2.42. The van der Waals surface area contributed by atoms with Gasteiger partial charge in [0.15, 0.2) is 12.2 Å². The zero-order valence-corrected chi connectivity index (χ0v) is 23.2. The largest absolute Gasteiger partial charge is 0.451 e. The number of thiophene rings is 2. The topological polar surface area (TPSA) is 52.6 Å². The van der Waals surface area contributed by atoms with Gasteiger partial charge in [-0.15, -0.1) is 22.7 Å². The van der Waals surface area contributed by atoms with Gasteiger partial charge in [-0.2, -0.15) is 0 Å². The molecule has 2 aromatic carbocycles. The first kappa shape index (κ1) is 26.1. The maximum atomic E-state index is 13.1. The van der Waals surface area contributed by atoms with Crippen LogP contribution in [0, 0.1) is 10.8 Å². The summed E-state index contributed by atoms with van der Waals surface area (Å²) in [6.45, 7) is 11.1. The summed E-state index contributed by atoms with van der Waals surface area (Å²) in [7, 11) is 0. The van der Waals surface area contributed by atoms with E-state index in [-0.39, 0.29) is 11.9 Å². The van der Waals surface area contributed by atoms with Gasteiger partial charge in [0.25, 0.3) is 0 Å². The van der Waals surface area contributed by atoms with Crippen molar-refractivity contribution in [3.8, 4) is 0 Å². The molecule has 0 saturated carbocycles. The number of carbonyl (C=O) groups excluding carboxylic acids is 2. The Bertz CT molecular complexity index is 1240. The number of benzene rings is 2. The van der Waals surface area contributed by atoms with Gasteiger partial charge in [-0.3, -0.25) is 9.59 Å². The lowest BCUT2D eigenvalue weighted by Gasteiger charge is -2.29. The molecule has 2 unspecified atom stereocenters. The third kappa shape index (κ3) is 5.71. The quantitative estimate of drug-likeness (QED) is 0.240. The summed E-state index contributed by atoms with van der Waals surface area (Å²) in [4.78, 5) is 28.1. The first-order chi connectivity index (χ1) is 16.9. The maximum Gasteiger partial charge on any atom is 0.312 e. The molecular formula is C30H32O4S2. The highest BCUT2D eigenvalue weighted by Gasteiger charge is 2.34. The standard InChI is InChI=1S/C30H32O4S2/c1-29(2,3)27(31)33-25(23-13-9-15-35-23)21-17-19-11-7-8-12-20(19)18-22(21)26(24-14-10-16-36-24)34-28(32)30(4,5)6/h7-18,25-26H,1-6H3. The lowest BCUT2D eigenvalue weighted by Crippen LogP contribution is -2.27. The van der Waals surface area contributed by atoms with Gasteiger partial charge in [-0.1, -0.05) is 36.4 Å². The third-order valence-electron chi connectivity index (χ3n) is 5.79. The smallest absolute Gasteiger partial charge is 0.312 e. The predicted octanol–water partition coefficient (Wildman–Crippen LogP) is 8.32. The number of hydrogen-bond donors (Lipinski definition) is 0. The molecule has 4 aromatic rings. The van der Waals surface area contributed by atoms with Crippen molar-refractivity contribution in [1.29, 1.82) is 0 Å². The molecule has 0 aliphatic rings. The molecule has 0 bridgehead atoms. The van der Waals surface area contributed by atoms with Crippen molar-refractivity contribution in [3.05, 3.63) is 92.3 Å². The molecule has 2 aromatic heterocycles. The van der Waals surface area contributed by atoms with Crippen LogP contribution in [0.5, 0.6) is 0 Å². The van der Waals surface area contributed by atoms with Crippen LogP contribution in [0.15, 0.2) is 71.4 Å². The molecule has 4 nitrogen and oxygen atoms in total. The van der Waals surface area contributed by atoms with Crippen molar-refractivity contribution < 1.29 is 19.1 Å². The van der Waals surface area contributed by atoms with Crippen molar-refractivity contribution in [2.24, 2.45) is 10.8 Å². The van der Waals surface area contributed by atoms with Crippen LogP contribution >= 0.6 is 22.7 Å². The van der Waals surface area contributed by atoms with Gasteiger partial charge in [-0.25, -0.2) is 0 Å². The molecule has 0 aliphatic carbocycles. The average molecular weight is 521 g/mol. The fraction of sp³-hybridized carbons (Fsp3) is 0.333. The Hall–Kier alpha value is -2.96. The Balaban J connectivity index is 1.95. The zero-order valence-electron chi connectivity index (χ0n) is 21.5. The SMILES string of the molecule is CC(C)(C)C(=O)OC(c1cccs1)c1cc2ccccc2cc1C(OC(=O)C(C)(C)C)c1cccs1. The van der Waals surface area contributed by atoms with Crippen molar-refractivity contribution in [2.75, 3.05) is 0 Å². The monoisotopic (exact) mass is 520 g/mol. The third-order valence-corrected chi connectivity index (χ3v) is 7.63. The van der Waals surface area contributed by atoms with Gasteiger partial charge in [0.2, 0.25) is 0 Å². The second-order valence-electron chi connectivity index (χ2n) is 10.9. The van der Waals surface area contributed by atoms with E-state index in [1.807, 2.05) is 101 Å². The van der Waals surface area contributed by atoms with Crippen LogP contribution in [0.1, 0.15) is 74.6 Å². The number of ether oxygens (including phenoxy) is 2. The van der Waals surface area contributed by atoms with E-state index in [4.69, 9.17) is 9.47 Å². The second-order valence-corrected chi connectivity index (χ2v) is 12.9. The maximum absolute atomic E-state index is 13.1. The number of hydrogen-bond acceptors (Lipinski definition) is 6. The average Bonchev–Trinajstić information content (AvgIpc) is 3.53. The summed E-state index contributed by atoms with van der Waals surface area (Å²) in [6, 6.07) is 20.1. The molecule has 188 valence electrons. The number of fused-ring (bicyclic) bond motifs is 1. The summed E-state index contributed by atoms with van der Waals surface area (Å²) in [6.07, 6.45) is -1.26. The highest BCUT2D eigenvalue weighted by molar-refractivity contribution is 7.10. The second kappa shape index (κ2) is 10.2. The van der Waals surface area contributed by atoms with Crippen LogP contribution in [0.3, 0.4) is 0 Å². The van der Waals surface area contributed by atoms with Gasteiger partial charge in [0.05, 0.1) is 10.8 Å². The Kier molecular flexibility index (Phi) is 7.39. The molecule has 6 heteroatoms. The van der Waals surface area contributed by atoms with Gasteiger partial charge in [-0.05, 0) is 87.3 Å². The molecule has 0 aliphatic heterocycles. The lowest BCUT2D eigenvalue weighted by atomic mass is 9.91. The minimum atomic E-state index is -0.668. The van der Waals surface area contributed by atoms with E-state index < -0.39 is 23.0 Å². The fourth-order valence-electron chi connectivity index (χ4n) is 3.73. The van der Waals surface area contributed by atoms with Gasteiger partial charge >= 0.3 is 11.9 Å². The Morgan fingerprint density at radius 3 is 1.33 bits per heavy atom. The number of rotatable bonds is 6. The van der Waals surface area contributed by atoms with Crippen molar-refractivity contribution >= 4 is 45.4 Å².